The highest BCUT2D eigenvalue weighted by atomic mass is 16.5. The van der Waals surface area contributed by atoms with E-state index in [1.807, 2.05) is 55.1 Å². The van der Waals surface area contributed by atoms with Crippen LogP contribution in [0.3, 0.4) is 0 Å². The van der Waals surface area contributed by atoms with E-state index in [2.05, 4.69) is 20.4 Å². The van der Waals surface area contributed by atoms with Crippen LogP contribution >= 0.6 is 0 Å². The van der Waals surface area contributed by atoms with Gasteiger partial charge < -0.3 is 15.8 Å². The summed E-state index contributed by atoms with van der Waals surface area (Å²) in [5.41, 5.74) is 10.3. The summed E-state index contributed by atoms with van der Waals surface area (Å²) < 4.78 is 7.74. The second kappa shape index (κ2) is 7.88. The van der Waals surface area contributed by atoms with Crippen LogP contribution in [0.1, 0.15) is 31.0 Å². The van der Waals surface area contributed by atoms with Crippen LogP contribution in [0.25, 0.3) is 11.4 Å². The average molecular weight is 378 g/mol. The van der Waals surface area contributed by atoms with Gasteiger partial charge in [-0.2, -0.15) is 10.1 Å². The predicted molar refractivity (Wildman–Crippen MR) is 110 cm³/mol. The Morgan fingerprint density at radius 1 is 1.18 bits per heavy atom. The van der Waals surface area contributed by atoms with Crippen molar-refractivity contribution < 1.29 is 4.74 Å². The Hall–Kier alpha value is -3.09. The minimum Gasteiger partial charge on any atom is -0.491 e. The zero-order valence-electron chi connectivity index (χ0n) is 16.4. The van der Waals surface area contributed by atoms with E-state index in [1.54, 1.807) is 0 Å². The molecule has 1 aliphatic rings. The van der Waals surface area contributed by atoms with Crippen LogP contribution in [0.15, 0.2) is 36.4 Å². The Bertz CT molecular complexity index is 953. The Morgan fingerprint density at radius 3 is 2.79 bits per heavy atom. The Kier molecular flexibility index (Phi) is 5.14. The number of ether oxygens (including phenoxy) is 1. The summed E-state index contributed by atoms with van der Waals surface area (Å²) in [6.45, 7) is 2.57. The third kappa shape index (κ3) is 3.93. The highest BCUT2D eigenvalue weighted by Crippen LogP contribution is 2.31. The maximum Gasteiger partial charge on any atom is 0.222 e. The quantitative estimate of drug-likeness (QED) is 0.684. The van der Waals surface area contributed by atoms with E-state index in [0.29, 0.717) is 12.4 Å². The van der Waals surface area contributed by atoms with Gasteiger partial charge in [0.2, 0.25) is 5.95 Å². The molecule has 0 aliphatic heterocycles. The van der Waals surface area contributed by atoms with Gasteiger partial charge in [-0.1, -0.05) is 18.2 Å². The molecule has 1 aliphatic carbocycles. The number of nitrogens with one attached hydrogen (secondary N) is 1. The fourth-order valence-corrected chi connectivity index (χ4v) is 3.69. The molecular weight excluding hydrogens is 352 g/mol. The number of nitrogens with two attached hydrogens (primary N) is 1. The third-order valence-electron chi connectivity index (χ3n) is 4.94. The summed E-state index contributed by atoms with van der Waals surface area (Å²) in [5, 5.41) is 8.05. The van der Waals surface area contributed by atoms with Crippen molar-refractivity contribution in [2.24, 2.45) is 7.05 Å². The first-order chi connectivity index (χ1) is 13.6. The molecule has 0 spiro atoms. The van der Waals surface area contributed by atoms with E-state index < -0.39 is 0 Å². The van der Waals surface area contributed by atoms with Crippen molar-refractivity contribution in [2.75, 3.05) is 17.7 Å². The lowest BCUT2D eigenvalue weighted by atomic mass is 9.95. The van der Waals surface area contributed by atoms with Gasteiger partial charge in [-0.15, -0.1) is 0 Å². The van der Waals surface area contributed by atoms with Gasteiger partial charge in [-0.3, -0.25) is 4.68 Å². The summed E-state index contributed by atoms with van der Waals surface area (Å²) in [7, 11) is 1.97. The number of hydrogen-bond acceptors (Lipinski definition) is 6. The Balaban J connectivity index is 1.52. The molecule has 7 nitrogen and oxygen atoms in total. The number of aryl methyl sites for hydroxylation is 2. The first-order valence-corrected chi connectivity index (χ1v) is 9.74. The summed E-state index contributed by atoms with van der Waals surface area (Å²) in [6.07, 6.45) is 4.45. The number of rotatable bonds is 6. The van der Waals surface area contributed by atoms with E-state index in [9.17, 15) is 0 Å². The van der Waals surface area contributed by atoms with Gasteiger partial charge in [0, 0.05) is 18.7 Å². The van der Waals surface area contributed by atoms with E-state index in [0.717, 1.165) is 30.0 Å². The standard InChI is InChI=1S/C21H26N6O/c1-14(13-28-15-8-4-3-5-9-15)23-19-12-18(24-21(22)25-19)20-16-10-6-7-11-17(16)26-27(20)2/h3-5,8-9,12,14H,6-7,10-11,13H2,1-2H3,(H3,22,23,24,25). The first kappa shape index (κ1) is 18.3. The van der Waals surface area contributed by atoms with Crippen LogP contribution < -0.4 is 15.8 Å². The zero-order valence-corrected chi connectivity index (χ0v) is 16.4. The van der Waals surface area contributed by atoms with Crippen LogP contribution in [-0.4, -0.2) is 32.4 Å². The lowest BCUT2D eigenvalue weighted by Gasteiger charge is -2.17. The molecule has 1 unspecified atom stereocenters. The first-order valence-electron chi connectivity index (χ1n) is 9.74. The van der Waals surface area contributed by atoms with Crippen molar-refractivity contribution in [1.29, 1.82) is 0 Å². The monoisotopic (exact) mass is 378 g/mol. The minimum atomic E-state index is 0.0582. The number of fused-ring (bicyclic) bond motifs is 1. The van der Waals surface area contributed by atoms with Crippen LogP contribution in [-0.2, 0) is 19.9 Å². The van der Waals surface area contributed by atoms with E-state index in [1.165, 1.54) is 24.1 Å². The Labute approximate surface area is 165 Å². The molecule has 146 valence electrons. The van der Waals surface area contributed by atoms with Crippen molar-refractivity contribution >= 4 is 11.8 Å². The van der Waals surface area contributed by atoms with Crippen molar-refractivity contribution in [2.45, 2.75) is 38.6 Å². The molecule has 3 N–H and O–H groups in total. The molecular formula is C21H26N6O. The van der Waals surface area contributed by atoms with Gasteiger partial charge in [0.15, 0.2) is 0 Å². The van der Waals surface area contributed by atoms with E-state index >= 15 is 0 Å². The predicted octanol–water partition coefficient (Wildman–Crippen LogP) is 3.22. The molecule has 0 fully saturated rings. The van der Waals surface area contributed by atoms with Crippen molar-refractivity contribution in [3.63, 3.8) is 0 Å². The van der Waals surface area contributed by atoms with Gasteiger partial charge >= 0.3 is 0 Å². The van der Waals surface area contributed by atoms with Crippen molar-refractivity contribution in [3.8, 4) is 17.1 Å². The smallest absolute Gasteiger partial charge is 0.222 e. The molecule has 1 aromatic carbocycles. The SMILES string of the molecule is CC(COc1ccccc1)Nc1cc(-c2c3c(nn2C)CCCC3)nc(N)n1. The summed E-state index contributed by atoms with van der Waals surface area (Å²) >= 11 is 0. The lowest BCUT2D eigenvalue weighted by Crippen LogP contribution is -2.24. The van der Waals surface area contributed by atoms with E-state index in [-0.39, 0.29) is 12.0 Å². The fourth-order valence-electron chi connectivity index (χ4n) is 3.69. The highest BCUT2D eigenvalue weighted by Gasteiger charge is 2.22. The molecule has 0 amide bonds. The topological polar surface area (TPSA) is 90.9 Å². The number of aromatic nitrogens is 4. The van der Waals surface area contributed by atoms with Crippen LogP contribution in [0.4, 0.5) is 11.8 Å². The molecule has 0 saturated heterocycles. The lowest BCUT2D eigenvalue weighted by molar-refractivity contribution is 0.304. The minimum absolute atomic E-state index is 0.0582. The number of nitrogen functional groups attached to an aromatic ring is 1. The van der Waals surface area contributed by atoms with Crippen LogP contribution in [0, 0.1) is 0 Å². The number of nitrogens with zero attached hydrogens (tertiary/aromatic N) is 4. The molecule has 0 saturated carbocycles. The fraction of sp³-hybridized carbons (Fsp3) is 0.381. The third-order valence-corrected chi connectivity index (χ3v) is 4.94. The second-order valence-corrected chi connectivity index (χ2v) is 7.27. The number of anilines is 2. The van der Waals surface area contributed by atoms with Gasteiger partial charge in [0.25, 0.3) is 0 Å². The second-order valence-electron chi connectivity index (χ2n) is 7.27. The molecule has 2 aromatic heterocycles. The summed E-state index contributed by atoms with van der Waals surface area (Å²) in [5.74, 6) is 1.79. The highest BCUT2D eigenvalue weighted by molar-refractivity contribution is 5.65. The van der Waals surface area contributed by atoms with Gasteiger partial charge in [-0.25, -0.2) is 4.98 Å². The van der Waals surface area contributed by atoms with Gasteiger partial charge in [-0.05, 0) is 44.7 Å². The molecule has 1 atom stereocenters. The number of para-hydroxylation sites is 1. The van der Waals surface area contributed by atoms with Crippen molar-refractivity contribution in [3.05, 3.63) is 47.7 Å². The molecule has 7 heteroatoms. The average Bonchev–Trinajstić information content (AvgIpc) is 3.02. The maximum absolute atomic E-state index is 6.01. The zero-order chi connectivity index (χ0) is 19.5. The molecule has 4 rings (SSSR count). The number of benzene rings is 1. The molecule has 28 heavy (non-hydrogen) atoms. The molecule has 0 radical (unpaired) electrons. The van der Waals surface area contributed by atoms with Crippen LogP contribution in [0.5, 0.6) is 5.75 Å². The maximum atomic E-state index is 6.01. The van der Waals surface area contributed by atoms with Gasteiger partial charge in [0.1, 0.15) is 18.2 Å². The largest absolute Gasteiger partial charge is 0.491 e. The van der Waals surface area contributed by atoms with Crippen LogP contribution in [0.2, 0.25) is 0 Å². The molecule has 3 aromatic rings. The van der Waals surface area contributed by atoms with Gasteiger partial charge in [0.05, 0.1) is 23.1 Å². The summed E-state index contributed by atoms with van der Waals surface area (Å²) in [6, 6.07) is 11.8. The molecule has 0 bridgehead atoms. The van der Waals surface area contributed by atoms with E-state index in [4.69, 9.17) is 10.5 Å². The Morgan fingerprint density at radius 2 is 1.96 bits per heavy atom. The normalized spacial score (nSPS) is 14.4. The molecule has 2 heterocycles. The summed E-state index contributed by atoms with van der Waals surface area (Å²) in [4.78, 5) is 8.83. The van der Waals surface area contributed by atoms with Crippen molar-refractivity contribution in [1.82, 2.24) is 19.7 Å². The number of hydrogen-bond donors (Lipinski definition) is 2.